The minimum atomic E-state index is -3.90. The van der Waals surface area contributed by atoms with Crippen molar-refractivity contribution in [1.29, 1.82) is 0 Å². The van der Waals surface area contributed by atoms with E-state index in [1.165, 1.54) is 32.4 Å². The highest BCUT2D eigenvalue weighted by Crippen LogP contribution is 2.29. The number of carbonyl (C=O) groups excluding carboxylic acids is 1. The quantitative estimate of drug-likeness (QED) is 0.862. The second-order valence-corrected chi connectivity index (χ2v) is 6.33. The van der Waals surface area contributed by atoms with Crippen molar-refractivity contribution in [2.45, 2.75) is 25.2 Å². The monoisotopic (exact) mass is 301 g/mol. The van der Waals surface area contributed by atoms with Crippen LogP contribution in [0.2, 0.25) is 0 Å². The zero-order valence-corrected chi connectivity index (χ0v) is 12.8. The Balaban J connectivity index is 3.01. The smallest absolute Gasteiger partial charge is 0.264 e. The molecule has 0 bridgehead atoms. The Morgan fingerprint density at radius 3 is 2.30 bits per heavy atom. The second kappa shape index (κ2) is 6.60. The van der Waals surface area contributed by atoms with Gasteiger partial charge in [-0.25, -0.2) is 13.1 Å². The molecule has 0 radical (unpaired) electrons. The summed E-state index contributed by atoms with van der Waals surface area (Å²) in [7, 11) is -1.03. The first-order valence-electron chi connectivity index (χ1n) is 6.07. The predicted octanol–water partition coefficient (Wildman–Crippen LogP) is 1.55. The van der Waals surface area contributed by atoms with Gasteiger partial charge in [0.25, 0.3) is 10.0 Å². The van der Waals surface area contributed by atoms with Crippen LogP contribution in [0.5, 0.6) is 11.5 Å². The van der Waals surface area contributed by atoms with Gasteiger partial charge >= 0.3 is 0 Å². The zero-order valence-electron chi connectivity index (χ0n) is 12.0. The van der Waals surface area contributed by atoms with E-state index in [1.807, 2.05) is 18.6 Å². The van der Waals surface area contributed by atoms with Crippen LogP contribution in [0, 0.1) is 5.92 Å². The van der Waals surface area contributed by atoms with Crippen molar-refractivity contribution in [2.24, 2.45) is 5.92 Å². The molecule has 0 unspecified atom stereocenters. The normalized spacial score (nSPS) is 11.2. The zero-order chi connectivity index (χ0) is 15.3. The van der Waals surface area contributed by atoms with Crippen molar-refractivity contribution < 1.29 is 22.7 Å². The van der Waals surface area contributed by atoms with E-state index in [1.54, 1.807) is 0 Å². The van der Waals surface area contributed by atoms with Gasteiger partial charge in [0.2, 0.25) is 5.91 Å². The Morgan fingerprint density at radius 2 is 1.80 bits per heavy atom. The predicted molar refractivity (Wildman–Crippen MR) is 74.3 cm³/mol. The van der Waals surface area contributed by atoms with Crippen molar-refractivity contribution in [3.05, 3.63) is 18.2 Å². The molecule has 0 atom stereocenters. The second-order valence-electron chi connectivity index (χ2n) is 4.64. The summed E-state index contributed by atoms with van der Waals surface area (Å²) >= 11 is 0. The number of rotatable bonds is 6. The highest BCUT2D eigenvalue weighted by Gasteiger charge is 2.20. The maximum atomic E-state index is 12.1. The summed E-state index contributed by atoms with van der Waals surface area (Å²) in [5.74, 6) is 0.247. The van der Waals surface area contributed by atoms with Crippen LogP contribution in [-0.4, -0.2) is 28.5 Å². The first-order valence-corrected chi connectivity index (χ1v) is 7.56. The molecule has 0 aliphatic carbocycles. The summed E-state index contributed by atoms with van der Waals surface area (Å²) in [6.45, 7) is 3.67. The number of carbonyl (C=O) groups is 1. The Bertz CT molecular complexity index is 580. The molecule has 0 heterocycles. The van der Waals surface area contributed by atoms with Crippen LogP contribution in [-0.2, 0) is 14.8 Å². The lowest BCUT2D eigenvalue weighted by atomic mass is 10.1. The van der Waals surface area contributed by atoms with E-state index in [0.717, 1.165) is 0 Å². The van der Waals surface area contributed by atoms with Gasteiger partial charge in [-0.2, -0.15) is 0 Å². The molecule has 1 aromatic rings. The molecule has 112 valence electrons. The summed E-state index contributed by atoms with van der Waals surface area (Å²) in [5.41, 5.74) is 0. The Hall–Kier alpha value is -1.76. The SMILES string of the molecule is COc1ccc(S(=O)(=O)NC(=O)CC(C)C)cc1OC. The molecule has 0 aliphatic rings. The van der Waals surface area contributed by atoms with Crippen molar-refractivity contribution in [3.63, 3.8) is 0 Å². The number of hydrogen-bond acceptors (Lipinski definition) is 5. The van der Waals surface area contributed by atoms with E-state index >= 15 is 0 Å². The number of amides is 1. The number of sulfonamides is 1. The molecule has 0 saturated heterocycles. The van der Waals surface area contributed by atoms with Gasteiger partial charge in [-0.05, 0) is 18.1 Å². The lowest BCUT2D eigenvalue weighted by molar-refractivity contribution is -0.120. The fourth-order valence-electron chi connectivity index (χ4n) is 1.60. The fourth-order valence-corrected chi connectivity index (χ4v) is 2.62. The van der Waals surface area contributed by atoms with Crippen molar-refractivity contribution in [2.75, 3.05) is 14.2 Å². The average Bonchev–Trinajstić information content (AvgIpc) is 2.36. The maximum absolute atomic E-state index is 12.1. The minimum absolute atomic E-state index is 0.0488. The highest BCUT2D eigenvalue weighted by molar-refractivity contribution is 7.90. The van der Waals surface area contributed by atoms with Crippen LogP contribution in [0.25, 0.3) is 0 Å². The van der Waals surface area contributed by atoms with Crippen LogP contribution in [0.15, 0.2) is 23.1 Å². The van der Waals surface area contributed by atoms with Gasteiger partial charge in [-0.15, -0.1) is 0 Å². The number of methoxy groups -OCH3 is 2. The number of hydrogen-bond donors (Lipinski definition) is 1. The summed E-state index contributed by atoms with van der Waals surface area (Å²) in [6.07, 6.45) is 0.145. The molecule has 7 heteroatoms. The molecular formula is C13H19NO5S. The van der Waals surface area contributed by atoms with E-state index in [-0.39, 0.29) is 23.0 Å². The van der Waals surface area contributed by atoms with Crippen molar-refractivity contribution in [1.82, 2.24) is 4.72 Å². The molecule has 6 nitrogen and oxygen atoms in total. The van der Waals surface area contributed by atoms with Crippen LogP contribution >= 0.6 is 0 Å². The maximum Gasteiger partial charge on any atom is 0.264 e. The van der Waals surface area contributed by atoms with E-state index in [4.69, 9.17) is 9.47 Å². The molecule has 0 aliphatic heterocycles. The van der Waals surface area contributed by atoms with Crippen molar-refractivity contribution >= 4 is 15.9 Å². The molecule has 1 aromatic carbocycles. The van der Waals surface area contributed by atoms with Crippen LogP contribution < -0.4 is 14.2 Å². The number of ether oxygens (including phenoxy) is 2. The van der Waals surface area contributed by atoms with Gasteiger partial charge in [-0.3, -0.25) is 4.79 Å². The molecule has 0 spiro atoms. The molecule has 1 N–H and O–H groups in total. The first-order chi connectivity index (χ1) is 9.30. The minimum Gasteiger partial charge on any atom is -0.493 e. The Morgan fingerprint density at radius 1 is 1.20 bits per heavy atom. The van der Waals surface area contributed by atoms with Crippen LogP contribution in [0.4, 0.5) is 0 Å². The first kappa shape index (κ1) is 16.3. The van der Waals surface area contributed by atoms with Gasteiger partial charge < -0.3 is 9.47 Å². The number of nitrogens with one attached hydrogen (secondary N) is 1. The molecular weight excluding hydrogens is 282 g/mol. The van der Waals surface area contributed by atoms with Crippen LogP contribution in [0.3, 0.4) is 0 Å². The molecule has 0 saturated carbocycles. The van der Waals surface area contributed by atoms with Crippen LogP contribution in [0.1, 0.15) is 20.3 Å². The number of benzene rings is 1. The average molecular weight is 301 g/mol. The third kappa shape index (κ3) is 4.12. The molecule has 0 fully saturated rings. The third-order valence-electron chi connectivity index (χ3n) is 2.51. The summed E-state index contributed by atoms with van der Waals surface area (Å²) in [4.78, 5) is 11.5. The standard InChI is InChI=1S/C13H19NO5S/c1-9(2)7-13(15)14-20(16,17)10-5-6-11(18-3)12(8-10)19-4/h5-6,8-9H,7H2,1-4H3,(H,14,15). The lowest BCUT2D eigenvalue weighted by Crippen LogP contribution is -2.31. The van der Waals surface area contributed by atoms with E-state index in [9.17, 15) is 13.2 Å². The molecule has 1 rings (SSSR count). The fraction of sp³-hybridized carbons (Fsp3) is 0.462. The topological polar surface area (TPSA) is 81.7 Å². The largest absolute Gasteiger partial charge is 0.493 e. The van der Waals surface area contributed by atoms with Gasteiger partial charge in [0.1, 0.15) is 0 Å². The third-order valence-corrected chi connectivity index (χ3v) is 3.88. The van der Waals surface area contributed by atoms with Gasteiger partial charge in [0, 0.05) is 12.5 Å². The summed E-state index contributed by atoms with van der Waals surface area (Å²) in [5, 5.41) is 0. The Kier molecular flexibility index (Phi) is 5.38. The lowest BCUT2D eigenvalue weighted by Gasteiger charge is -2.11. The molecule has 1 amide bonds. The van der Waals surface area contributed by atoms with Crippen molar-refractivity contribution in [3.8, 4) is 11.5 Å². The van der Waals surface area contributed by atoms with Gasteiger partial charge in [0.05, 0.1) is 19.1 Å². The van der Waals surface area contributed by atoms with E-state index in [0.29, 0.717) is 5.75 Å². The van der Waals surface area contributed by atoms with Gasteiger partial charge in [0.15, 0.2) is 11.5 Å². The molecule has 20 heavy (non-hydrogen) atoms. The Labute approximate surface area is 119 Å². The summed E-state index contributed by atoms with van der Waals surface area (Å²) < 4.78 is 36.2. The van der Waals surface area contributed by atoms with Gasteiger partial charge in [-0.1, -0.05) is 13.8 Å². The van der Waals surface area contributed by atoms with E-state index < -0.39 is 15.9 Å². The van der Waals surface area contributed by atoms with E-state index in [2.05, 4.69) is 0 Å². The summed E-state index contributed by atoms with van der Waals surface area (Å²) in [6, 6.07) is 4.14. The highest BCUT2D eigenvalue weighted by atomic mass is 32.2. The molecule has 0 aromatic heterocycles.